The quantitative estimate of drug-likeness (QED) is 0.222. The largest absolute Gasteiger partial charge is 0.416 e. The first-order valence-electron chi connectivity index (χ1n) is 16.3. The van der Waals surface area contributed by atoms with Crippen LogP contribution in [0.25, 0.3) is 0 Å². The van der Waals surface area contributed by atoms with Crippen LogP contribution >= 0.6 is 0 Å². The zero-order valence-electron chi connectivity index (χ0n) is 29.1. The Bertz CT molecular complexity index is 859. The Morgan fingerprint density at radius 2 is 1.79 bits per heavy atom. The molecule has 0 aromatic heterocycles. The second kappa shape index (κ2) is 10.5. The molecule has 0 heterocycles. The van der Waals surface area contributed by atoms with Crippen LogP contribution in [0.1, 0.15) is 114 Å². The van der Waals surface area contributed by atoms with Gasteiger partial charge in [-0.2, -0.15) is 0 Å². The molecule has 0 aliphatic heterocycles. The Hall–Kier alpha value is -0.0862. The minimum atomic E-state index is -2.74. The molecule has 1 unspecified atom stereocenters. The minimum absolute atomic E-state index is 0.0185. The molecule has 2 rings (SSSR count). The Morgan fingerprint density at radius 3 is 2.33 bits per heavy atom. The summed E-state index contributed by atoms with van der Waals surface area (Å²) in [5.74, 6) is 3.81. The summed E-state index contributed by atoms with van der Waals surface area (Å²) in [4.78, 5) is 0. The molecular weight excluding hydrogens is 436 g/mol. The molecule has 0 spiro atoms. The smallest absolute Gasteiger partial charge is 0.192 e. The van der Waals surface area contributed by atoms with E-state index in [4.69, 9.17) is 23.5 Å². The monoisotopic (exact) mass is 498 g/mol. The second-order valence-electron chi connectivity index (χ2n) is 13.4. The molecule has 2 aliphatic rings. The Labute approximate surface area is 218 Å². The molecule has 2 aliphatic carbocycles. The second-order valence-corrected chi connectivity index (χ2v) is 20.5. The van der Waals surface area contributed by atoms with Gasteiger partial charge in [0, 0.05) is 20.7 Å². The van der Waals surface area contributed by atoms with Crippen molar-refractivity contribution < 1.29 is 17.1 Å². The lowest BCUT2D eigenvalue weighted by Gasteiger charge is -2.52. The number of rotatable bonds is 10. The summed E-state index contributed by atoms with van der Waals surface area (Å²) in [7, 11) is -3.86. The molecule has 0 radical (unpaired) electrons. The summed E-state index contributed by atoms with van der Waals surface area (Å²) in [6, 6.07) is 0. The van der Waals surface area contributed by atoms with Crippen molar-refractivity contribution >= 4 is 17.4 Å². The van der Waals surface area contributed by atoms with Gasteiger partial charge < -0.3 is 8.85 Å². The molecule has 2 nitrogen and oxygen atoms in total. The van der Waals surface area contributed by atoms with Crippen LogP contribution in [0.2, 0.25) is 31.2 Å². The molecule has 0 aromatic rings. The standard InChI is InChI=1S/C29H56O2Si2/c1-13-19-28(7,21-15-20-27(5,6)31-32(9)10)25-18-17-23-24(16-14-22-29(23,25)8)30-33(11,12)26(2,3)4/h1,23-25,32H,14-22H2,2-12H3/t23?,24-,25+,28-,29-/m0/s1/i5D3,6D3. The first-order valence-corrected chi connectivity index (χ1v) is 19.0. The molecule has 4 heteroatoms. The molecule has 2 saturated carbocycles. The highest BCUT2D eigenvalue weighted by Crippen LogP contribution is 2.63. The predicted octanol–water partition coefficient (Wildman–Crippen LogP) is 8.57. The topological polar surface area (TPSA) is 18.5 Å². The number of hydrogen-bond acceptors (Lipinski definition) is 2. The Balaban J connectivity index is 2.33. The van der Waals surface area contributed by atoms with Crippen LogP contribution in [0.5, 0.6) is 0 Å². The van der Waals surface area contributed by atoms with E-state index in [1.54, 1.807) is 0 Å². The molecule has 0 N–H and O–H groups in total. The summed E-state index contributed by atoms with van der Waals surface area (Å²) in [6.45, 7) is 14.5. The highest BCUT2D eigenvalue weighted by Gasteiger charge is 2.57. The van der Waals surface area contributed by atoms with Gasteiger partial charge in [0.05, 0.1) is 5.60 Å². The van der Waals surface area contributed by atoms with Crippen molar-refractivity contribution in [2.45, 2.75) is 149 Å². The van der Waals surface area contributed by atoms with Gasteiger partial charge in [-0.05, 0) is 106 Å². The maximum atomic E-state index is 8.19. The molecule has 2 fully saturated rings. The molecule has 0 saturated heterocycles. The van der Waals surface area contributed by atoms with Crippen LogP contribution < -0.4 is 0 Å². The highest BCUT2D eigenvalue weighted by molar-refractivity contribution is 6.74. The van der Waals surface area contributed by atoms with Crippen molar-refractivity contribution in [1.29, 1.82) is 0 Å². The van der Waals surface area contributed by atoms with E-state index in [2.05, 4.69) is 53.6 Å². The maximum absolute atomic E-state index is 8.19. The van der Waals surface area contributed by atoms with E-state index >= 15 is 0 Å². The lowest BCUT2D eigenvalue weighted by Crippen LogP contribution is -2.51. The summed E-state index contributed by atoms with van der Waals surface area (Å²) in [6.07, 6.45) is 13.5. The van der Waals surface area contributed by atoms with Gasteiger partial charge in [0.15, 0.2) is 17.4 Å². The van der Waals surface area contributed by atoms with Crippen molar-refractivity contribution in [1.82, 2.24) is 0 Å². The number of hydrogen-bond donors (Lipinski definition) is 0. The SMILES string of the molecule is [2H]C([2H])([2H])C(CCC[C@](C)(CC#C)[C@H]1CCC2[C@@H](O[Si](C)(C)C(C)(C)C)CCC[C@@]21C)(O[SiH](C)C)C([2H])([2H])[2H]. The summed E-state index contributed by atoms with van der Waals surface area (Å²) in [5, 5.41) is 0.162. The first kappa shape index (κ1) is 21.0. The van der Waals surface area contributed by atoms with Crippen LogP contribution in [-0.2, 0) is 8.85 Å². The molecule has 5 atom stereocenters. The third-order valence-electron chi connectivity index (χ3n) is 9.38. The van der Waals surface area contributed by atoms with Crippen molar-refractivity contribution in [3.8, 4) is 12.3 Å². The van der Waals surface area contributed by atoms with Crippen molar-refractivity contribution in [2.24, 2.45) is 22.7 Å². The fourth-order valence-electron chi connectivity index (χ4n) is 6.78. The third kappa shape index (κ3) is 6.78. The molecule has 0 aromatic carbocycles. The van der Waals surface area contributed by atoms with E-state index in [1.165, 1.54) is 0 Å². The average Bonchev–Trinajstić information content (AvgIpc) is 3.09. The summed E-state index contributed by atoms with van der Waals surface area (Å²) >= 11 is 0. The number of terminal acetylenes is 1. The van der Waals surface area contributed by atoms with Crippen LogP contribution in [0, 0.1) is 35.0 Å². The van der Waals surface area contributed by atoms with Crippen LogP contribution in [0.3, 0.4) is 0 Å². The first-order chi connectivity index (χ1) is 17.5. The van der Waals surface area contributed by atoms with Gasteiger partial charge in [-0.15, -0.1) is 12.3 Å². The van der Waals surface area contributed by atoms with Gasteiger partial charge in [0.25, 0.3) is 0 Å². The average molecular weight is 499 g/mol. The fourth-order valence-corrected chi connectivity index (χ4v) is 9.10. The third-order valence-corrected chi connectivity index (χ3v) is 14.8. The molecule has 0 amide bonds. The van der Waals surface area contributed by atoms with Gasteiger partial charge in [-0.25, -0.2) is 0 Å². The van der Waals surface area contributed by atoms with Crippen LogP contribution in [0.15, 0.2) is 0 Å². The van der Waals surface area contributed by atoms with Crippen molar-refractivity contribution in [2.75, 3.05) is 0 Å². The Morgan fingerprint density at radius 1 is 1.12 bits per heavy atom. The van der Waals surface area contributed by atoms with Gasteiger partial charge in [0.1, 0.15) is 0 Å². The van der Waals surface area contributed by atoms with Gasteiger partial charge >= 0.3 is 0 Å². The lowest BCUT2D eigenvalue weighted by molar-refractivity contribution is -0.0441. The van der Waals surface area contributed by atoms with Crippen molar-refractivity contribution in [3.05, 3.63) is 0 Å². The zero-order valence-corrected chi connectivity index (χ0v) is 25.2. The minimum Gasteiger partial charge on any atom is -0.416 e. The Kier molecular flexibility index (Phi) is 6.69. The predicted molar refractivity (Wildman–Crippen MR) is 150 cm³/mol. The summed E-state index contributed by atoms with van der Waals surface area (Å²) < 4.78 is 62.1. The van der Waals surface area contributed by atoms with E-state index in [-0.39, 0.29) is 28.4 Å². The summed E-state index contributed by atoms with van der Waals surface area (Å²) in [5.41, 5.74) is -2.24. The highest BCUT2D eigenvalue weighted by atomic mass is 28.4. The van der Waals surface area contributed by atoms with Gasteiger partial charge in [-0.1, -0.05) is 47.5 Å². The zero-order chi connectivity index (χ0) is 30.3. The molecule has 0 bridgehead atoms. The molecular formula is C29H56O2Si2. The van der Waals surface area contributed by atoms with Gasteiger partial charge in [0.2, 0.25) is 0 Å². The van der Waals surface area contributed by atoms with Gasteiger partial charge in [-0.3, -0.25) is 0 Å². The normalized spacial score (nSPS) is 34.2. The lowest BCUT2D eigenvalue weighted by atomic mass is 9.56. The molecule has 192 valence electrons. The molecule has 33 heavy (non-hydrogen) atoms. The maximum Gasteiger partial charge on any atom is 0.192 e. The van der Waals surface area contributed by atoms with Crippen molar-refractivity contribution in [3.63, 3.8) is 0 Å². The fraction of sp³-hybridized carbons (Fsp3) is 0.931. The van der Waals surface area contributed by atoms with E-state index in [1.807, 2.05) is 13.1 Å². The van der Waals surface area contributed by atoms with Crippen LogP contribution in [0.4, 0.5) is 0 Å². The van der Waals surface area contributed by atoms with E-state index < -0.39 is 36.7 Å². The van der Waals surface area contributed by atoms with Crippen LogP contribution in [-0.4, -0.2) is 29.1 Å². The van der Waals surface area contributed by atoms with E-state index in [0.717, 1.165) is 32.1 Å². The van der Waals surface area contributed by atoms with E-state index in [9.17, 15) is 0 Å². The number of fused-ring (bicyclic) bond motifs is 1. The van der Waals surface area contributed by atoms with E-state index in [0.29, 0.717) is 31.1 Å².